The van der Waals surface area contributed by atoms with Crippen LogP contribution in [0.4, 0.5) is 0 Å². The molecule has 0 unspecified atom stereocenters. The second-order valence-corrected chi connectivity index (χ2v) is 5.93. The maximum Gasteiger partial charge on any atom is 0.311 e. The molecule has 19 heavy (non-hydrogen) atoms. The summed E-state index contributed by atoms with van der Waals surface area (Å²) in [5, 5.41) is 0. The molecule has 2 aromatic carbocycles. The zero-order chi connectivity index (χ0) is 13.7. The average molecular weight is 319 g/mol. The largest absolute Gasteiger partial charge is 0.443 e. The standard InChI is InChI=1S/C16H15BrO2/c1-16(17,14-10-6-3-7-11-14)19-15(18)12-13-8-4-2-5-9-13/h2-11H,12H2,1H3/t16-/m1/s1. The predicted molar refractivity (Wildman–Crippen MR) is 79.0 cm³/mol. The molecule has 0 N–H and O–H groups in total. The highest BCUT2D eigenvalue weighted by Gasteiger charge is 2.27. The van der Waals surface area contributed by atoms with Gasteiger partial charge in [-0.25, -0.2) is 0 Å². The third-order valence-electron chi connectivity index (χ3n) is 2.79. The number of benzene rings is 2. The van der Waals surface area contributed by atoms with E-state index < -0.39 is 4.51 Å². The van der Waals surface area contributed by atoms with Gasteiger partial charge in [-0.05, 0) is 28.4 Å². The van der Waals surface area contributed by atoms with E-state index in [4.69, 9.17) is 4.74 Å². The summed E-state index contributed by atoms with van der Waals surface area (Å²) in [4.78, 5) is 11.9. The highest BCUT2D eigenvalue weighted by atomic mass is 79.9. The number of alkyl halides is 1. The normalized spacial score (nSPS) is 13.6. The topological polar surface area (TPSA) is 26.3 Å². The Balaban J connectivity index is 2.02. The molecule has 0 aliphatic rings. The Bertz CT molecular complexity index is 535. The first-order valence-electron chi connectivity index (χ1n) is 6.08. The Hall–Kier alpha value is -1.61. The fourth-order valence-corrected chi connectivity index (χ4v) is 2.25. The van der Waals surface area contributed by atoms with Crippen LogP contribution < -0.4 is 0 Å². The number of carbonyl (C=O) groups excluding carboxylic acids is 1. The molecule has 0 aliphatic heterocycles. The van der Waals surface area contributed by atoms with E-state index in [1.54, 1.807) is 0 Å². The molecule has 0 heterocycles. The van der Waals surface area contributed by atoms with E-state index in [2.05, 4.69) is 15.9 Å². The van der Waals surface area contributed by atoms with Crippen LogP contribution in [0.15, 0.2) is 60.7 Å². The lowest BCUT2D eigenvalue weighted by Crippen LogP contribution is -2.23. The number of rotatable bonds is 4. The quantitative estimate of drug-likeness (QED) is 0.628. The molecule has 0 aliphatic carbocycles. The molecule has 2 nitrogen and oxygen atoms in total. The Morgan fingerprint density at radius 2 is 1.58 bits per heavy atom. The summed E-state index contributed by atoms with van der Waals surface area (Å²) in [5.74, 6) is -0.255. The molecule has 0 spiro atoms. The molecule has 2 rings (SSSR count). The van der Waals surface area contributed by atoms with Crippen molar-refractivity contribution in [3.8, 4) is 0 Å². The van der Waals surface area contributed by atoms with Gasteiger partial charge in [0.2, 0.25) is 0 Å². The highest BCUT2D eigenvalue weighted by Crippen LogP contribution is 2.32. The van der Waals surface area contributed by atoms with Gasteiger partial charge in [0, 0.05) is 5.56 Å². The maximum atomic E-state index is 11.9. The number of hydrogen-bond acceptors (Lipinski definition) is 2. The van der Waals surface area contributed by atoms with Crippen LogP contribution in [0.1, 0.15) is 18.1 Å². The van der Waals surface area contributed by atoms with Crippen LogP contribution in [0.3, 0.4) is 0 Å². The lowest BCUT2D eigenvalue weighted by molar-refractivity contribution is -0.149. The zero-order valence-corrected chi connectivity index (χ0v) is 12.3. The first-order valence-corrected chi connectivity index (χ1v) is 6.87. The van der Waals surface area contributed by atoms with E-state index in [1.165, 1.54) is 0 Å². The van der Waals surface area contributed by atoms with Crippen LogP contribution in [0.2, 0.25) is 0 Å². The van der Waals surface area contributed by atoms with Gasteiger partial charge in [0.1, 0.15) is 0 Å². The average Bonchev–Trinajstić information content (AvgIpc) is 2.40. The first-order chi connectivity index (χ1) is 9.08. The van der Waals surface area contributed by atoms with Gasteiger partial charge in [0.15, 0.2) is 4.51 Å². The molecule has 0 bridgehead atoms. The van der Waals surface area contributed by atoms with E-state index in [0.717, 1.165) is 11.1 Å². The fourth-order valence-electron chi connectivity index (χ4n) is 1.81. The minimum absolute atomic E-state index is 0.255. The van der Waals surface area contributed by atoms with Gasteiger partial charge < -0.3 is 4.74 Å². The predicted octanol–water partition coefficient (Wildman–Crippen LogP) is 4.04. The molecule has 0 fully saturated rings. The Morgan fingerprint density at radius 3 is 2.16 bits per heavy atom. The number of hydrogen-bond donors (Lipinski definition) is 0. The Labute approximate surface area is 121 Å². The van der Waals surface area contributed by atoms with E-state index in [1.807, 2.05) is 67.6 Å². The second-order valence-electron chi connectivity index (χ2n) is 4.42. The molecule has 1 atom stereocenters. The highest BCUT2D eigenvalue weighted by molar-refractivity contribution is 9.09. The van der Waals surface area contributed by atoms with Crippen molar-refractivity contribution in [3.05, 3.63) is 71.8 Å². The SMILES string of the molecule is C[C@@](Br)(OC(=O)Cc1ccccc1)c1ccccc1. The minimum atomic E-state index is -0.792. The van der Waals surface area contributed by atoms with E-state index in [9.17, 15) is 4.79 Å². The lowest BCUT2D eigenvalue weighted by Gasteiger charge is -2.23. The summed E-state index contributed by atoms with van der Waals surface area (Å²) >= 11 is 3.46. The number of carbonyl (C=O) groups is 1. The Morgan fingerprint density at radius 1 is 1.05 bits per heavy atom. The third kappa shape index (κ3) is 3.93. The van der Waals surface area contributed by atoms with Crippen LogP contribution in [0, 0.1) is 0 Å². The van der Waals surface area contributed by atoms with Crippen LogP contribution in [0.25, 0.3) is 0 Å². The van der Waals surface area contributed by atoms with Gasteiger partial charge >= 0.3 is 5.97 Å². The van der Waals surface area contributed by atoms with Gasteiger partial charge in [-0.2, -0.15) is 0 Å². The van der Waals surface area contributed by atoms with Gasteiger partial charge in [-0.3, -0.25) is 4.79 Å². The second kappa shape index (κ2) is 6.02. The van der Waals surface area contributed by atoms with Gasteiger partial charge in [-0.1, -0.05) is 60.7 Å². The summed E-state index contributed by atoms with van der Waals surface area (Å²) in [7, 11) is 0. The van der Waals surface area contributed by atoms with Crippen molar-refractivity contribution in [2.75, 3.05) is 0 Å². The van der Waals surface area contributed by atoms with E-state index in [-0.39, 0.29) is 12.4 Å². The van der Waals surface area contributed by atoms with Crippen molar-refractivity contribution in [3.63, 3.8) is 0 Å². The smallest absolute Gasteiger partial charge is 0.311 e. The van der Waals surface area contributed by atoms with Crippen molar-refractivity contribution in [1.82, 2.24) is 0 Å². The molecule has 0 saturated heterocycles. The summed E-state index contributed by atoms with van der Waals surface area (Å²) in [6, 6.07) is 19.2. The summed E-state index contributed by atoms with van der Waals surface area (Å²) < 4.78 is 4.71. The van der Waals surface area contributed by atoms with E-state index >= 15 is 0 Å². The minimum Gasteiger partial charge on any atom is -0.443 e. The van der Waals surface area contributed by atoms with Crippen LogP contribution in [0.5, 0.6) is 0 Å². The van der Waals surface area contributed by atoms with Gasteiger partial charge in [-0.15, -0.1) is 0 Å². The van der Waals surface area contributed by atoms with Crippen LogP contribution in [-0.4, -0.2) is 5.97 Å². The van der Waals surface area contributed by atoms with Crippen LogP contribution in [-0.2, 0) is 20.5 Å². The van der Waals surface area contributed by atoms with Crippen molar-refractivity contribution >= 4 is 21.9 Å². The van der Waals surface area contributed by atoms with Gasteiger partial charge in [0.05, 0.1) is 6.42 Å². The summed E-state index contributed by atoms with van der Waals surface area (Å²) in [6.45, 7) is 1.82. The molecule has 0 saturated carbocycles. The molecular formula is C16H15BrO2. The number of esters is 1. The molecule has 2 aromatic rings. The van der Waals surface area contributed by atoms with Gasteiger partial charge in [0.25, 0.3) is 0 Å². The van der Waals surface area contributed by atoms with Crippen molar-refractivity contribution < 1.29 is 9.53 Å². The molecule has 0 amide bonds. The lowest BCUT2D eigenvalue weighted by atomic mass is 10.1. The number of halogens is 1. The Kier molecular flexibility index (Phi) is 4.38. The van der Waals surface area contributed by atoms with Crippen LogP contribution >= 0.6 is 15.9 Å². The van der Waals surface area contributed by atoms with E-state index in [0.29, 0.717) is 0 Å². The fraction of sp³-hybridized carbons (Fsp3) is 0.188. The van der Waals surface area contributed by atoms with Crippen molar-refractivity contribution in [2.45, 2.75) is 17.9 Å². The van der Waals surface area contributed by atoms with Crippen molar-refractivity contribution in [2.24, 2.45) is 0 Å². The molecule has 0 radical (unpaired) electrons. The summed E-state index contributed by atoms with van der Waals surface area (Å²) in [6.07, 6.45) is 0.273. The first kappa shape index (κ1) is 13.8. The maximum absolute atomic E-state index is 11.9. The molecular weight excluding hydrogens is 304 g/mol. The molecule has 3 heteroatoms. The monoisotopic (exact) mass is 318 g/mol. The zero-order valence-electron chi connectivity index (χ0n) is 10.7. The molecule has 0 aromatic heterocycles. The number of ether oxygens (including phenoxy) is 1. The third-order valence-corrected chi connectivity index (χ3v) is 3.41. The summed E-state index contributed by atoms with van der Waals surface area (Å²) in [5.41, 5.74) is 1.86. The molecule has 98 valence electrons. The van der Waals surface area contributed by atoms with Crippen molar-refractivity contribution in [1.29, 1.82) is 0 Å².